The number of carbonyl (C=O) groups excluding carboxylic acids is 4. The van der Waals surface area contributed by atoms with Crippen LogP contribution in [0.1, 0.15) is 52.9 Å². The van der Waals surface area contributed by atoms with Gasteiger partial charge in [0.25, 0.3) is 0 Å². The van der Waals surface area contributed by atoms with Gasteiger partial charge in [-0.15, -0.1) is 0 Å². The van der Waals surface area contributed by atoms with Gasteiger partial charge in [0.05, 0.1) is 6.10 Å². The largest absolute Gasteiger partial charge is 0.480 e. The van der Waals surface area contributed by atoms with Crippen molar-refractivity contribution < 1.29 is 34.2 Å². The fourth-order valence-electron chi connectivity index (χ4n) is 2.84. The predicted octanol–water partition coefficient (Wildman–Crippen LogP) is -2.72. The molecule has 0 aromatic rings. The molecule has 5 atom stereocenters. The van der Waals surface area contributed by atoms with Crippen LogP contribution in [0.2, 0.25) is 0 Å². The number of carbonyl (C=O) groups is 5. The van der Waals surface area contributed by atoms with Gasteiger partial charge in [-0.25, -0.2) is 4.79 Å². The second kappa shape index (κ2) is 15.1. The molecule has 0 aromatic carbocycles. The first-order valence-corrected chi connectivity index (χ1v) is 10.9. The number of carboxylic acid groups (broad SMARTS) is 1. The molecule has 0 rings (SSSR count). The van der Waals surface area contributed by atoms with Crippen molar-refractivity contribution in [2.45, 2.75) is 83.1 Å². The van der Waals surface area contributed by atoms with Gasteiger partial charge in [0, 0.05) is 6.42 Å². The summed E-state index contributed by atoms with van der Waals surface area (Å²) in [4.78, 5) is 60.4. The lowest BCUT2D eigenvalue weighted by Gasteiger charge is -2.27. The van der Waals surface area contributed by atoms with Crippen molar-refractivity contribution in [2.75, 3.05) is 6.54 Å². The van der Waals surface area contributed by atoms with E-state index in [1.165, 1.54) is 6.92 Å². The van der Waals surface area contributed by atoms with Crippen LogP contribution < -0.4 is 33.2 Å². The van der Waals surface area contributed by atoms with Crippen molar-refractivity contribution in [2.24, 2.45) is 23.1 Å². The molecule has 5 unspecified atom stereocenters. The maximum Gasteiger partial charge on any atom is 0.326 e. The maximum absolute atomic E-state index is 12.8. The highest BCUT2D eigenvalue weighted by Gasteiger charge is 2.32. The Bertz CT molecular complexity index is 686. The summed E-state index contributed by atoms with van der Waals surface area (Å²) in [6, 6.07) is -4.85. The normalized spacial score (nSPS) is 15.6. The molecule has 0 radical (unpaired) electrons. The smallest absolute Gasteiger partial charge is 0.326 e. The van der Waals surface area contributed by atoms with Gasteiger partial charge in [-0.1, -0.05) is 13.8 Å². The summed E-state index contributed by atoms with van der Waals surface area (Å²) < 4.78 is 0. The molecule has 0 spiro atoms. The van der Waals surface area contributed by atoms with Crippen LogP contribution in [0.25, 0.3) is 0 Å². The Labute approximate surface area is 193 Å². The van der Waals surface area contributed by atoms with Crippen LogP contribution in [0, 0.1) is 5.92 Å². The molecule has 0 aliphatic carbocycles. The number of aliphatic hydroxyl groups excluding tert-OH is 1. The minimum absolute atomic E-state index is 0.164. The summed E-state index contributed by atoms with van der Waals surface area (Å²) in [5.74, 6) is -4.68. The minimum atomic E-state index is -1.32. The van der Waals surface area contributed by atoms with Crippen molar-refractivity contribution in [3.8, 4) is 0 Å². The van der Waals surface area contributed by atoms with E-state index in [-0.39, 0.29) is 19.3 Å². The van der Waals surface area contributed by atoms with Crippen molar-refractivity contribution in [1.82, 2.24) is 16.0 Å². The number of hydrogen-bond acceptors (Lipinski definition) is 8. The van der Waals surface area contributed by atoms with Crippen LogP contribution >= 0.6 is 0 Å². The van der Waals surface area contributed by atoms with Crippen LogP contribution in [-0.2, 0) is 24.0 Å². The lowest BCUT2D eigenvalue weighted by Crippen LogP contribution is -2.59. The van der Waals surface area contributed by atoms with Crippen molar-refractivity contribution >= 4 is 29.6 Å². The molecule has 33 heavy (non-hydrogen) atoms. The zero-order valence-electron chi connectivity index (χ0n) is 19.4. The number of aliphatic hydroxyl groups is 1. The fraction of sp³-hybridized carbons (Fsp3) is 0.750. The molecular formula is C20H38N6O7. The zero-order chi connectivity index (χ0) is 25.7. The summed E-state index contributed by atoms with van der Waals surface area (Å²) in [6.45, 7) is 4.99. The van der Waals surface area contributed by atoms with Gasteiger partial charge < -0.3 is 43.4 Å². The molecule has 4 amide bonds. The van der Waals surface area contributed by atoms with Gasteiger partial charge in [0.15, 0.2) is 0 Å². The van der Waals surface area contributed by atoms with Crippen molar-refractivity contribution in [3.63, 3.8) is 0 Å². The first-order valence-electron chi connectivity index (χ1n) is 10.9. The first-order chi connectivity index (χ1) is 15.3. The van der Waals surface area contributed by atoms with Gasteiger partial charge in [0.1, 0.15) is 24.2 Å². The SMILES string of the molecule is CC(C)C(NC(=O)C(CCC(N)=O)NC(=O)C(N)C(C)O)C(=O)NC(CCCCN)C(=O)O. The average molecular weight is 475 g/mol. The second-order valence-electron chi connectivity index (χ2n) is 8.25. The van der Waals surface area contributed by atoms with Crippen molar-refractivity contribution in [1.29, 1.82) is 0 Å². The molecular weight excluding hydrogens is 436 g/mol. The molecule has 13 nitrogen and oxygen atoms in total. The number of primary amides is 1. The highest BCUT2D eigenvalue weighted by atomic mass is 16.4. The summed E-state index contributed by atoms with van der Waals surface area (Å²) in [5.41, 5.74) is 16.1. The molecule has 13 heteroatoms. The van der Waals surface area contributed by atoms with Crippen LogP contribution in [0.4, 0.5) is 0 Å². The third-order valence-electron chi connectivity index (χ3n) is 4.94. The van der Waals surface area contributed by atoms with Gasteiger partial charge >= 0.3 is 5.97 Å². The van der Waals surface area contributed by atoms with Gasteiger partial charge in [-0.2, -0.15) is 0 Å². The Morgan fingerprint density at radius 3 is 1.88 bits per heavy atom. The number of hydrogen-bond donors (Lipinski definition) is 8. The summed E-state index contributed by atoms with van der Waals surface area (Å²) in [7, 11) is 0. The Morgan fingerprint density at radius 2 is 1.42 bits per heavy atom. The third-order valence-corrected chi connectivity index (χ3v) is 4.94. The Balaban J connectivity index is 5.43. The summed E-state index contributed by atoms with van der Waals surface area (Å²) in [5, 5.41) is 26.1. The molecule has 0 saturated heterocycles. The molecule has 190 valence electrons. The topological polar surface area (TPSA) is 240 Å². The van der Waals surface area contributed by atoms with Crippen molar-refractivity contribution in [3.05, 3.63) is 0 Å². The highest BCUT2D eigenvalue weighted by Crippen LogP contribution is 2.08. The van der Waals surface area contributed by atoms with Crippen LogP contribution in [0.3, 0.4) is 0 Å². The maximum atomic E-state index is 12.8. The van der Waals surface area contributed by atoms with Gasteiger partial charge in [-0.05, 0) is 45.1 Å². The number of rotatable bonds is 16. The van der Waals surface area contributed by atoms with E-state index < -0.39 is 65.8 Å². The number of nitrogens with one attached hydrogen (secondary N) is 3. The predicted molar refractivity (Wildman–Crippen MR) is 119 cm³/mol. The molecule has 0 bridgehead atoms. The lowest BCUT2D eigenvalue weighted by atomic mass is 10.0. The van der Waals surface area contributed by atoms with Gasteiger partial charge in [-0.3, -0.25) is 19.2 Å². The van der Waals surface area contributed by atoms with E-state index in [0.29, 0.717) is 19.4 Å². The Morgan fingerprint density at radius 1 is 0.848 bits per heavy atom. The first kappa shape index (κ1) is 30.2. The van der Waals surface area contributed by atoms with E-state index >= 15 is 0 Å². The number of amides is 4. The number of aliphatic carboxylic acids is 1. The summed E-state index contributed by atoms with van der Waals surface area (Å²) >= 11 is 0. The van der Waals surface area contributed by atoms with Crippen LogP contribution in [0.5, 0.6) is 0 Å². The average Bonchev–Trinajstić information content (AvgIpc) is 2.72. The van der Waals surface area contributed by atoms with Crippen LogP contribution in [0.15, 0.2) is 0 Å². The number of unbranched alkanes of at least 4 members (excludes halogenated alkanes) is 1. The van der Waals surface area contributed by atoms with E-state index in [1.54, 1.807) is 13.8 Å². The molecule has 0 saturated carbocycles. The van der Waals surface area contributed by atoms with E-state index in [1.807, 2.05) is 0 Å². The Kier molecular flexibility index (Phi) is 13.9. The number of carboxylic acids is 1. The highest BCUT2D eigenvalue weighted by molar-refractivity contribution is 5.94. The lowest BCUT2D eigenvalue weighted by molar-refractivity contribution is -0.143. The quantitative estimate of drug-likeness (QED) is 0.108. The second-order valence-corrected chi connectivity index (χ2v) is 8.25. The molecule has 11 N–H and O–H groups in total. The molecule has 0 heterocycles. The minimum Gasteiger partial charge on any atom is -0.480 e. The third kappa shape index (κ3) is 11.6. The fourth-order valence-corrected chi connectivity index (χ4v) is 2.84. The standard InChI is InChI=1S/C20H38N6O7/c1-10(2)16(19(31)25-13(20(32)33)6-4-5-9-21)26-17(29)12(7-8-14(22)28)24-18(30)15(23)11(3)27/h10-13,15-16,27H,4-9,21,23H2,1-3H3,(H2,22,28)(H,24,30)(H,25,31)(H,26,29)(H,32,33). The number of nitrogens with two attached hydrogens (primary N) is 3. The Hall–Kier alpha value is -2.77. The monoisotopic (exact) mass is 474 g/mol. The van der Waals surface area contributed by atoms with E-state index in [9.17, 15) is 34.2 Å². The molecule has 0 aliphatic rings. The van der Waals surface area contributed by atoms with Gasteiger partial charge in [0.2, 0.25) is 23.6 Å². The molecule has 0 aromatic heterocycles. The van der Waals surface area contributed by atoms with E-state index in [0.717, 1.165) is 0 Å². The van der Waals surface area contributed by atoms with Crippen LogP contribution in [-0.4, -0.2) is 76.6 Å². The summed E-state index contributed by atoms with van der Waals surface area (Å²) in [6.07, 6.45) is -0.319. The molecule has 0 aliphatic heterocycles. The zero-order valence-corrected chi connectivity index (χ0v) is 19.4. The van der Waals surface area contributed by atoms with E-state index in [2.05, 4.69) is 16.0 Å². The van der Waals surface area contributed by atoms with E-state index in [4.69, 9.17) is 17.2 Å². The molecule has 0 fully saturated rings.